The van der Waals surface area contributed by atoms with Gasteiger partial charge in [0.25, 0.3) is 0 Å². The molecule has 0 N–H and O–H groups in total. The number of epoxide rings is 2. The van der Waals surface area contributed by atoms with Crippen molar-refractivity contribution in [3.63, 3.8) is 0 Å². The van der Waals surface area contributed by atoms with Gasteiger partial charge in [-0.3, -0.25) is 0 Å². The van der Waals surface area contributed by atoms with Crippen LogP contribution in [0.5, 0.6) is 0 Å². The highest BCUT2D eigenvalue weighted by molar-refractivity contribution is 8.01. The number of benzene rings is 2. The molecule has 5 heteroatoms. The minimum absolute atomic E-state index is 0.213. The van der Waals surface area contributed by atoms with Crippen LogP contribution in [0.25, 0.3) is 0 Å². The van der Waals surface area contributed by atoms with Crippen molar-refractivity contribution >= 4 is 23.5 Å². The third kappa shape index (κ3) is 4.11. The summed E-state index contributed by atoms with van der Waals surface area (Å²) < 4.78 is 17.2. The van der Waals surface area contributed by atoms with E-state index in [1.54, 1.807) is 23.5 Å². The standard InChI is InChI=1S/C18H18O3S2/c1-3-7-15(8-4-1)22-17(13-20-17)11-19-12-18(14-21-18)23-16-9-5-2-6-10-16/h1-10H,11-14H2. The van der Waals surface area contributed by atoms with Crippen LogP contribution in [-0.2, 0) is 14.2 Å². The number of hydrogen-bond acceptors (Lipinski definition) is 5. The van der Waals surface area contributed by atoms with Crippen LogP contribution in [0.4, 0.5) is 0 Å². The van der Waals surface area contributed by atoms with Gasteiger partial charge < -0.3 is 14.2 Å². The quantitative estimate of drug-likeness (QED) is 0.674. The van der Waals surface area contributed by atoms with Gasteiger partial charge in [0, 0.05) is 9.79 Å². The fourth-order valence-corrected chi connectivity index (χ4v) is 4.36. The molecule has 0 saturated carbocycles. The van der Waals surface area contributed by atoms with Gasteiger partial charge in [-0.05, 0) is 24.3 Å². The summed E-state index contributed by atoms with van der Waals surface area (Å²) in [5.74, 6) is 0. The highest BCUT2D eigenvalue weighted by Gasteiger charge is 2.50. The average Bonchev–Trinajstić information content (AvgIpc) is 3.49. The predicted octanol–water partition coefficient (Wildman–Crippen LogP) is 4.04. The Morgan fingerprint density at radius 1 is 0.739 bits per heavy atom. The van der Waals surface area contributed by atoms with E-state index in [0.717, 1.165) is 13.2 Å². The monoisotopic (exact) mass is 346 g/mol. The molecular weight excluding hydrogens is 328 g/mol. The van der Waals surface area contributed by atoms with Crippen LogP contribution in [0, 0.1) is 0 Å². The molecule has 2 aromatic carbocycles. The van der Waals surface area contributed by atoms with E-state index in [4.69, 9.17) is 14.2 Å². The molecule has 2 saturated heterocycles. The summed E-state index contributed by atoms with van der Waals surface area (Å²) >= 11 is 3.47. The Hall–Kier alpha value is -0.980. The van der Waals surface area contributed by atoms with Crippen LogP contribution < -0.4 is 0 Å². The maximum atomic E-state index is 5.94. The predicted molar refractivity (Wildman–Crippen MR) is 92.8 cm³/mol. The lowest BCUT2D eigenvalue weighted by Crippen LogP contribution is -2.22. The van der Waals surface area contributed by atoms with Crippen LogP contribution >= 0.6 is 23.5 Å². The summed E-state index contributed by atoms with van der Waals surface area (Å²) in [6, 6.07) is 20.6. The van der Waals surface area contributed by atoms with Crippen LogP contribution in [0.1, 0.15) is 0 Å². The summed E-state index contributed by atoms with van der Waals surface area (Å²) in [5, 5.41) is 0. The second-order valence-electron chi connectivity index (χ2n) is 5.72. The second kappa shape index (κ2) is 6.49. The smallest absolute Gasteiger partial charge is 0.164 e. The van der Waals surface area contributed by atoms with Gasteiger partial charge in [-0.25, -0.2) is 0 Å². The van der Waals surface area contributed by atoms with Crippen LogP contribution in [0.15, 0.2) is 70.5 Å². The summed E-state index contributed by atoms with van der Waals surface area (Å²) in [6.07, 6.45) is 0. The fourth-order valence-electron chi connectivity index (χ4n) is 2.27. The van der Waals surface area contributed by atoms with Crippen molar-refractivity contribution in [3.05, 3.63) is 60.7 Å². The van der Waals surface area contributed by atoms with E-state index >= 15 is 0 Å². The zero-order valence-electron chi connectivity index (χ0n) is 12.6. The molecule has 0 bridgehead atoms. The van der Waals surface area contributed by atoms with E-state index in [9.17, 15) is 0 Å². The van der Waals surface area contributed by atoms with Crippen LogP contribution in [0.2, 0.25) is 0 Å². The van der Waals surface area contributed by atoms with E-state index in [0.29, 0.717) is 13.2 Å². The molecule has 120 valence electrons. The minimum atomic E-state index is -0.213. The fraction of sp³-hybridized carbons (Fsp3) is 0.333. The largest absolute Gasteiger partial charge is 0.373 e. The van der Waals surface area contributed by atoms with Crippen molar-refractivity contribution in [1.29, 1.82) is 0 Å². The Balaban J connectivity index is 1.27. The first-order valence-electron chi connectivity index (χ1n) is 7.62. The lowest BCUT2D eigenvalue weighted by atomic mass is 10.4. The highest BCUT2D eigenvalue weighted by Crippen LogP contribution is 2.46. The first kappa shape index (κ1) is 15.5. The maximum Gasteiger partial charge on any atom is 0.164 e. The molecule has 2 unspecified atom stereocenters. The molecule has 0 radical (unpaired) electrons. The molecule has 4 rings (SSSR count). The van der Waals surface area contributed by atoms with E-state index in [1.807, 2.05) is 36.4 Å². The Kier molecular flexibility index (Phi) is 4.39. The molecule has 3 nitrogen and oxygen atoms in total. The summed E-state index contributed by atoms with van der Waals surface area (Å²) in [4.78, 5) is 2.00. The number of hydrogen-bond donors (Lipinski definition) is 0. The van der Waals surface area contributed by atoms with Gasteiger partial charge in [-0.15, -0.1) is 0 Å². The second-order valence-corrected chi connectivity index (χ2v) is 8.56. The van der Waals surface area contributed by atoms with Gasteiger partial charge in [0.1, 0.15) is 0 Å². The van der Waals surface area contributed by atoms with Gasteiger partial charge in [-0.2, -0.15) is 0 Å². The maximum absolute atomic E-state index is 5.94. The molecule has 0 amide bonds. The third-order valence-electron chi connectivity index (χ3n) is 3.67. The third-order valence-corrected chi connectivity index (χ3v) is 6.14. The summed E-state index contributed by atoms with van der Waals surface area (Å²) in [7, 11) is 0. The van der Waals surface area contributed by atoms with Crippen LogP contribution in [-0.4, -0.2) is 36.3 Å². The Bertz CT molecular complexity index is 582. The Morgan fingerprint density at radius 2 is 1.13 bits per heavy atom. The molecule has 0 spiro atoms. The lowest BCUT2D eigenvalue weighted by molar-refractivity contribution is 0.0864. The molecule has 2 aliphatic heterocycles. The zero-order chi connectivity index (χ0) is 15.6. The van der Waals surface area contributed by atoms with Crippen molar-refractivity contribution in [2.75, 3.05) is 26.4 Å². The Labute approximate surface area is 144 Å². The van der Waals surface area contributed by atoms with Crippen molar-refractivity contribution in [3.8, 4) is 0 Å². The molecule has 2 aromatic rings. The van der Waals surface area contributed by atoms with E-state index in [-0.39, 0.29) is 9.87 Å². The summed E-state index contributed by atoms with van der Waals surface area (Å²) in [6.45, 7) is 2.67. The molecule has 2 aliphatic rings. The summed E-state index contributed by atoms with van der Waals surface area (Å²) in [5.41, 5.74) is 0. The van der Waals surface area contributed by atoms with Gasteiger partial charge in [0.2, 0.25) is 0 Å². The lowest BCUT2D eigenvalue weighted by Gasteiger charge is -2.15. The van der Waals surface area contributed by atoms with E-state index < -0.39 is 0 Å². The number of rotatable bonds is 8. The zero-order valence-corrected chi connectivity index (χ0v) is 14.3. The van der Waals surface area contributed by atoms with Gasteiger partial charge in [0.15, 0.2) is 9.87 Å². The SMILES string of the molecule is c1ccc(SC2(COCC3(Sc4ccccc4)CO3)CO2)cc1. The number of thioether (sulfide) groups is 2. The highest BCUT2D eigenvalue weighted by atomic mass is 32.2. The van der Waals surface area contributed by atoms with Crippen LogP contribution in [0.3, 0.4) is 0 Å². The van der Waals surface area contributed by atoms with E-state index in [2.05, 4.69) is 24.3 Å². The van der Waals surface area contributed by atoms with Crippen molar-refractivity contribution in [2.24, 2.45) is 0 Å². The van der Waals surface area contributed by atoms with E-state index in [1.165, 1.54) is 9.79 Å². The first-order chi connectivity index (χ1) is 11.3. The molecule has 2 fully saturated rings. The molecule has 0 aliphatic carbocycles. The van der Waals surface area contributed by atoms with Crippen molar-refractivity contribution in [2.45, 2.75) is 19.7 Å². The topological polar surface area (TPSA) is 34.3 Å². The number of ether oxygens (including phenoxy) is 3. The van der Waals surface area contributed by atoms with Crippen molar-refractivity contribution < 1.29 is 14.2 Å². The average molecular weight is 346 g/mol. The molecule has 23 heavy (non-hydrogen) atoms. The molecule has 2 atom stereocenters. The normalized spacial score (nSPS) is 28.5. The Morgan fingerprint density at radius 3 is 1.48 bits per heavy atom. The molecular formula is C18H18O3S2. The van der Waals surface area contributed by atoms with Gasteiger partial charge in [-0.1, -0.05) is 59.9 Å². The van der Waals surface area contributed by atoms with Crippen molar-refractivity contribution in [1.82, 2.24) is 0 Å². The van der Waals surface area contributed by atoms with Gasteiger partial charge >= 0.3 is 0 Å². The van der Waals surface area contributed by atoms with Gasteiger partial charge in [0.05, 0.1) is 26.4 Å². The molecule has 0 aromatic heterocycles. The minimum Gasteiger partial charge on any atom is -0.373 e. The first-order valence-corrected chi connectivity index (χ1v) is 9.25. The molecule has 2 heterocycles.